The fourth-order valence-electron chi connectivity index (χ4n) is 1.01. The van der Waals surface area contributed by atoms with E-state index in [9.17, 15) is 9.59 Å². The van der Waals surface area contributed by atoms with Crippen LogP contribution in [0, 0.1) is 0 Å². The van der Waals surface area contributed by atoms with Crippen LogP contribution in [0.2, 0.25) is 0 Å². The van der Waals surface area contributed by atoms with E-state index < -0.39 is 12.0 Å². The second kappa shape index (κ2) is 3.53. The molecule has 0 spiro atoms. The number of carbonyl (C=O) groups is 2. The Hall–Kier alpha value is -1.10. The summed E-state index contributed by atoms with van der Waals surface area (Å²) in [5, 5.41) is 2.48. The second-order valence-corrected chi connectivity index (χ2v) is 2.58. The number of morpholine rings is 1. The van der Waals surface area contributed by atoms with Crippen LogP contribution in [-0.4, -0.2) is 37.7 Å². The molecule has 0 aromatic heterocycles. The Bertz CT molecular complexity index is 204. The predicted molar refractivity (Wildman–Crippen MR) is 39.4 cm³/mol. The molecule has 0 radical (unpaired) electrons. The molecule has 1 saturated heterocycles. The summed E-state index contributed by atoms with van der Waals surface area (Å²) in [6.07, 6.45) is -0.324. The average Bonchev–Trinajstić information content (AvgIpc) is 2.08. The zero-order chi connectivity index (χ0) is 9.14. The van der Waals surface area contributed by atoms with Gasteiger partial charge in [-0.25, -0.2) is 4.79 Å². The molecule has 1 amide bonds. The number of carbonyl (C=O) groups excluding carboxylic acids is 2. The van der Waals surface area contributed by atoms with Crippen LogP contribution < -0.4 is 5.32 Å². The van der Waals surface area contributed by atoms with Crippen LogP contribution in [0.25, 0.3) is 0 Å². The Labute approximate surface area is 70.0 Å². The molecule has 68 valence electrons. The minimum absolute atomic E-state index is 0.00859. The van der Waals surface area contributed by atoms with Gasteiger partial charge in [-0.05, 0) is 6.92 Å². The zero-order valence-corrected chi connectivity index (χ0v) is 6.99. The van der Waals surface area contributed by atoms with Gasteiger partial charge in [-0.3, -0.25) is 4.79 Å². The monoisotopic (exact) mass is 173 g/mol. The smallest absolute Gasteiger partial charge is 0.331 e. The predicted octanol–water partition coefficient (Wildman–Crippen LogP) is -0.937. The van der Waals surface area contributed by atoms with E-state index in [1.54, 1.807) is 6.92 Å². The van der Waals surface area contributed by atoms with Gasteiger partial charge in [0, 0.05) is 0 Å². The molecule has 0 unspecified atom stereocenters. The molecule has 1 aliphatic rings. The molecule has 0 aromatic carbocycles. The van der Waals surface area contributed by atoms with Gasteiger partial charge in [0.1, 0.15) is 6.61 Å². The Kier molecular flexibility index (Phi) is 2.65. The molecule has 1 rings (SSSR count). The molecule has 2 atom stereocenters. The highest BCUT2D eigenvalue weighted by molar-refractivity contribution is 5.86. The van der Waals surface area contributed by atoms with E-state index in [4.69, 9.17) is 4.74 Å². The van der Waals surface area contributed by atoms with Crippen LogP contribution >= 0.6 is 0 Å². The Morgan fingerprint density at radius 2 is 2.42 bits per heavy atom. The first-order chi connectivity index (χ1) is 5.65. The minimum atomic E-state index is -0.670. The topological polar surface area (TPSA) is 64.6 Å². The van der Waals surface area contributed by atoms with Gasteiger partial charge in [0.05, 0.1) is 13.2 Å². The van der Waals surface area contributed by atoms with Crippen molar-refractivity contribution in [3.05, 3.63) is 0 Å². The molecular weight excluding hydrogens is 162 g/mol. The van der Waals surface area contributed by atoms with Gasteiger partial charge in [0.15, 0.2) is 6.04 Å². The van der Waals surface area contributed by atoms with Crippen molar-refractivity contribution >= 4 is 11.9 Å². The van der Waals surface area contributed by atoms with E-state index in [0.717, 1.165) is 0 Å². The zero-order valence-electron chi connectivity index (χ0n) is 6.99. The number of ether oxygens (including phenoxy) is 2. The van der Waals surface area contributed by atoms with Crippen molar-refractivity contribution in [3.63, 3.8) is 0 Å². The number of rotatable bonds is 1. The van der Waals surface area contributed by atoms with E-state index in [2.05, 4.69) is 10.1 Å². The summed E-state index contributed by atoms with van der Waals surface area (Å²) in [6.45, 7) is 1.72. The highest BCUT2D eigenvalue weighted by Gasteiger charge is 2.32. The lowest BCUT2D eigenvalue weighted by molar-refractivity contribution is -0.155. The van der Waals surface area contributed by atoms with Gasteiger partial charge in [-0.15, -0.1) is 0 Å². The van der Waals surface area contributed by atoms with E-state index in [-0.39, 0.29) is 18.6 Å². The lowest BCUT2D eigenvalue weighted by atomic mass is 10.1. The van der Waals surface area contributed by atoms with Crippen molar-refractivity contribution in [1.29, 1.82) is 0 Å². The Morgan fingerprint density at radius 3 is 3.00 bits per heavy atom. The number of nitrogens with one attached hydrogen (secondary N) is 1. The maximum atomic E-state index is 11.0. The van der Waals surface area contributed by atoms with E-state index >= 15 is 0 Å². The number of hydrogen-bond acceptors (Lipinski definition) is 4. The van der Waals surface area contributed by atoms with Gasteiger partial charge in [0.25, 0.3) is 0 Å². The lowest BCUT2D eigenvalue weighted by Crippen LogP contribution is -2.54. The molecular formula is C7H11NO4. The quantitative estimate of drug-likeness (QED) is 0.520. The summed E-state index contributed by atoms with van der Waals surface area (Å²) >= 11 is 0. The number of hydrogen-bond donors (Lipinski definition) is 1. The van der Waals surface area contributed by atoms with Crippen LogP contribution in [-0.2, 0) is 19.1 Å². The van der Waals surface area contributed by atoms with Crippen molar-refractivity contribution in [2.24, 2.45) is 0 Å². The first kappa shape index (κ1) is 8.99. The van der Waals surface area contributed by atoms with Crippen molar-refractivity contribution in [2.45, 2.75) is 19.1 Å². The van der Waals surface area contributed by atoms with Crippen molar-refractivity contribution in [3.8, 4) is 0 Å². The molecule has 0 saturated carbocycles. The minimum Gasteiger partial charge on any atom is -0.467 e. The molecule has 1 N–H and O–H groups in total. The summed E-state index contributed by atoms with van der Waals surface area (Å²) in [7, 11) is 1.27. The van der Waals surface area contributed by atoms with Crippen molar-refractivity contribution < 1.29 is 19.1 Å². The summed E-state index contributed by atoms with van der Waals surface area (Å²) in [6, 6.07) is -0.670. The number of methoxy groups -OCH3 is 1. The average molecular weight is 173 g/mol. The SMILES string of the molecule is COC(=O)[C@H]1NC(=O)CO[C@@H]1C. The molecule has 1 aliphatic heterocycles. The van der Waals surface area contributed by atoms with E-state index in [1.165, 1.54) is 7.11 Å². The molecule has 5 nitrogen and oxygen atoms in total. The van der Waals surface area contributed by atoms with Crippen molar-refractivity contribution in [2.75, 3.05) is 13.7 Å². The van der Waals surface area contributed by atoms with Crippen molar-refractivity contribution in [1.82, 2.24) is 5.32 Å². The first-order valence-corrected chi connectivity index (χ1v) is 3.64. The molecule has 5 heteroatoms. The fraction of sp³-hybridized carbons (Fsp3) is 0.714. The molecule has 12 heavy (non-hydrogen) atoms. The van der Waals surface area contributed by atoms with Gasteiger partial charge in [-0.1, -0.05) is 0 Å². The van der Waals surface area contributed by atoms with Gasteiger partial charge in [0.2, 0.25) is 5.91 Å². The lowest BCUT2D eigenvalue weighted by Gasteiger charge is -2.27. The summed E-state index contributed by atoms with van der Waals surface area (Å²) < 4.78 is 9.49. The third-order valence-electron chi connectivity index (χ3n) is 1.72. The normalized spacial score (nSPS) is 29.3. The summed E-state index contributed by atoms with van der Waals surface area (Å²) in [5.74, 6) is -0.765. The third kappa shape index (κ3) is 1.73. The fourth-order valence-corrected chi connectivity index (χ4v) is 1.01. The molecule has 0 bridgehead atoms. The van der Waals surface area contributed by atoms with Crippen LogP contribution in [0.1, 0.15) is 6.92 Å². The standard InChI is InChI=1S/C7H11NO4/c1-4-6(7(10)11-2)8-5(9)3-12-4/h4,6H,3H2,1-2H3,(H,8,9)/t4-,6+/m1/s1. The molecule has 0 aliphatic carbocycles. The first-order valence-electron chi connectivity index (χ1n) is 3.64. The van der Waals surface area contributed by atoms with Gasteiger partial charge < -0.3 is 14.8 Å². The van der Waals surface area contributed by atoms with Gasteiger partial charge >= 0.3 is 5.97 Å². The van der Waals surface area contributed by atoms with Gasteiger partial charge in [-0.2, -0.15) is 0 Å². The van der Waals surface area contributed by atoms with Crippen LogP contribution in [0.4, 0.5) is 0 Å². The van der Waals surface area contributed by atoms with Crippen LogP contribution in [0.15, 0.2) is 0 Å². The Balaban J connectivity index is 2.60. The maximum Gasteiger partial charge on any atom is 0.331 e. The van der Waals surface area contributed by atoms with E-state index in [1.807, 2.05) is 0 Å². The maximum absolute atomic E-state index is 11.0. The molecule has 1 heterocycles. The summed E-state index contributed by atoms with van der Waals surface area (Å²) in [4.78, 5) is 21.8. The van der Waals surface area contributed by atoms with Crippen LogP contribution in [0.3, 0.4) is 0 Å². The summed E-state index contributed by atoms with van der Waals surface area (Å²) in [5.41, 5.74) is 0. The van der Waals surface area contributed by atoms with Crippen LogP contribution in [0.5, 0.6) is 0 Å². The largest absolute Gasteiger partial charge is 0.467 e. The number of esters is 1. The molecule has 0 aromatic rings. The Morgan fingerprint density at radius 1 is 1.75 bits per heavy atom. The second-order valence-electron chi connectivity index (χ2n) is 2.58. The van der Waals surface area contributed by atoms with E-state index in [0.29, 0.717) is 0 Å². The highest BCUT2D eigenvalue weighted by atomic mass is 16.5. The highest BCUT2D eigenvalue weighted by Crippen LogP contribution is 2.05. The third-order valence-corrected chi connectivity index (χ3v) is 1.72. The number of amides is 1. The molecule has 1 fully saturated rings.